The van der Waals surface area contributed by atoms with Gasteiger partial charge in [-0.05, 0) is 31.0 Å². The number of morpholine rings is 1. The molecule has 1 fully saturated rings. The van der Waals surface area contributed by atoms with E-state index in [0.29, 0.717) is 18.0 Å². The van der Waals surface area contributed by atoms with Crippen LogP contribution in [0.3, 0.4) is 0 Å². The minimum atomic E-state index is 0.151. The Morgan fingerprint density at radius 3 is 2.88 bits per heavy atom. The Bertz CT molecular complexity index is 743. The van der Waals surface area contributed by atoms with Gasteiger partial charge in [-0.25, -0.2) is 4.98 Å². The van der Waals surface area contributed by atoms with Crippen molar-refractivity contribution in [1.82, 2.24) is 4.98 Å². The molecule has 1 amide bonds. The molecule has 0 radical (unpaired) electrons. The van der Waals surface area contributed by atoms with Crippen LogP contribution in [0.1, 0.15) is 25.3 Å². The molecule has 136 valence electrons. The summed E-state index contributed by atoms with van der Waals surface area (Å²) in [5, 5.41) is 1.50. The van der Waals surface area contributed by atoms with Crippen LogP contribution < -0.4 is 9.80 Å². The predicted octanol–water partition coefficient (Wildman–Crippen LogP) is 2.31. The van der Waals surface area contributed by atoms with Crippen LogP contribution in [0.4, 0.5) is 5.13 Å². The molecule has 0 aliphatic carbocycles. The summed E-state index contributed by atoms with van der Waals surface area (Å²) in [6, 6.07) is 3.89. The molecule has 0 bridgehead atoms. The second-order valence-corrected chi connectivity index (χ2v) is 7.84. The van der Waals surface area contributed by atoms with Crippen LogP contribution in [0.5, 0.6) is 0 Å². The van der Waals surface area contributed by atoms with Gasteiger partial charge in [-0.1, -0.05) is 29.9 Å². The maximum atomic E-state index is 12.7. The van der Waals surface area contributed by atoms with Crippen LogP contribution in [-0.2, 0) is 9.53 Å². The van der Waals surface area contributed by atoms with Crippen molar-refractivity contribution >= 4 is 44.2 Å². The standard InChI is InChI=1S/C18H24ClN3O2S/c1-3-4-16(23)22(8-7-21-9-11-24-12-10-21)18-20-17-13(2)14(19)5-6-15(17)25-18/h5-6H,3-4,7-12H2,1-2H3/p+1. The third-order valence-electron chi connectivity index (χ3n) is 4.62. The summed E-state index contributed by atoms with van der Waals surface area (Å²) in [6.45, 7) is 9.24. The number of rotatable bonds is 6. The average molecular weight is 383 g/mol. The number of amides is 1. The van der Waals surface area contributed by atoms with E-state index >= 15 is 0 Å². The number of aryl methyl sites for hydroxylation is 1. The largest absolute Gasteiger partial charge is 0.370 e. The van der Waals surface area contributed by atoms with E-state index in [1.807, 2.05) is 30.9 Å². The SMILES string of the molecule is CCCC(=O)N(CC[NH+]1CCOCC1)c1nc2c(C)c(Cl)ccc2s1. The molecule has 0 unspecified atom stereocenters. The highest BCUT2D eigenvalue weighted by Crippen LogP contribution is 2.33. The van der Waals surface area contributed by atoms with E-state index in [2.05, 4.69) is 0 Å². The maximum absolute atomic E-state index is 12.7. The first-order valence-corrected chi connectivity index (χ1v) is 10.1. The van der Waals surface area contributed by atoms with Gasteiger partial charge in [0.15, 0.2) is 5.13 Å². The van der Waals surface area contributed by atoms with Crippen molar-refractivity contribution in [1.29, 1.82) is 0 Å². The summed E-state index contributed by atoms with van der Waals surface area (Å²) in [5.41, 5.74) is 1.88. The Morgan fingerprint density at radius 1 is 1.40 bits per heavy atom. The Labute approximate surface area is 157 Å². The summed E-state index contributed by atoms with van der Waals surface area (Å²) in [7, 11) is 0. The van der Waals surface area contributed by atoms with Crippen molar-refractivity contribution in [3.63, 3.8) is 0 Å². The van der Waals surface area contributed by atoms with E-state index in [0.717, 1.165) is 60.2 Å². The molecule has 1 N–H and O–H groups in total. The monoisotopic (exact) mass is 382 g/mol. The lowest BCUT2D eigenvalue weighted by atomic mass is 10.2. The first-order valence-electron chi connectivity index (χ1n) is 8.87. The van der Waals surface area contributed by atoms with Gasteiger partial charge in [0, 0.05) is 11.4 Å². The van der Waals surface area contributed by atoms with Crippen LogP contribution in [0.25, 0.3) is 10.2 Å². The van der Waals surface area contributed by atoms with Gasteiger partial charge in [0.25, 0.3) is 0 Å². The van der Waals surface area contributed by atoms with Gasteiger partial charge in [-0.3, -0.25) is 9.69 Å². The number of ether oxygens (including phenoxy) is 1. The molecule has 3 rings (SSSR count). The minimum Gasteiger partial charge on any atom is -0.370 e. The van der Waals surface area contributed by atoms with Crippen LogP contribution >= 0.6 is 22.9 Å². The minimum absolute atomic E-state index is 0.151. The second-order valence-electron chi connectivity index (χ2n) is 6.42. The van der Waals surface area contributed by atoms with Crippen LogP contribution in [-0.4, -0.2) is 50.3 Å². The van der Waals surface area contributed by atoms with Crippen molar-refractivity contribution in [2.75, 3.05) is 44.3 Å². The number of hydrogen-bond acceptors (Lipinski definition) is 4. The average Bonchev–Trinajstić information content (AvgIpc) is 3.04. The van der Waals surface area contributed by atoms with Gasteiger partial charge < -0.3 is 9.64 Å². The highest BCUT2D eigenvalue weighted by Gasteiger charge is 2.23. The Morgan fingerprint density at radius 2 is 2.16 bits per heavy atom. The van der Waals surface area contributed by atoms with Crippen molar-refractivity contribution in [3.8, 4) is 0 Å². The van der Waals surface area contributed by atoms with Gasteiger partial charge in [-0.2, -0.15) is 0 Å². The van der Waals surface area contributed by atoms with Gasteiger partial charge in [-0.15, -0.1) is 0 Å². The maximum Gasteiger partial charge on any atom is 0.228 e. The lowest BCUT2D eigenvalue weighted by Crippen LogP contribution is -3.14. The molecule has 1 aromatic carbocycles. The molecule has 1 aliphatic heterocycles. The van der Waals surface area contributed by atoms with Crippen LogP contribution in [0.15, 0.2) is 12.1 Å². The van der Waals surface area contributed by atoms with E-state index in [4.69, 9.17) is 21.3 Å². The zero-order valence-electron chi connectivity index (χ0n) is 14.8. The predicted molar refractivity (Wildman–Crippen MR) is 103 cm³/mol. The van der Waals surface area contributed by atoms with E-state index < -0.39 is 0 Å². The highest BCUT2D eigenvalue weighted by atomic mass is 35.5. The fraction of sp³-hybridized carbons (Fsp3) is 0.556. The Kier molecular flexibility index (Phi) is 6.28. The zero-order valence-corrected chi connectivity index (χ0v) is 16.4. The normalized spacial score (nSPS) is 15.6. The number of nitrogens with one attached hydrogen (secondary N) is 1. The fourth-order valence-electron chi connectivity index (χ4n) is 3.06. The highest BCUT2D eigenvalue weighted by molar-refractivity contribution is 7.22. The number of carbonyl (C=O) groups excluding carboxylic acids is 1. The Balaban J connectivity index is 1.83. The summed E-state index contributed by atoms with van der Waals surface area (Å²) < 4.78 is 6.49. The second kappa shape index (κ2) is 8.45. The number of thiazole rings is 1. The van der Waals surface area contributed by atoms with Crippen LogP contribution in [0.2, 0.25) is 5.02 Å². The number of quaternary nitrogens is 1. The molecule has 0 atom stereocenters. The summed E-state index contributed by atoms with van der Waals surface area (Å²) >= 11 is 7.79. The number of nitrogens with zero attached hydrogens (tertiary/aromatic N) is 2. The first-order chi connectivity index (χ1) is 12.1. The van der Waals surface area contributed by atoms with Gasteiger partial charge >= 0.3 is 0 Å². The number of hydrogen-bond donors (Lipinski definition) is 1. The fourth-order valence-corrected chi connectivity index (χ4v) is 4.28. The lowest BCUT2D eigenvalue weighted by Gasteiger charge is -2.26. The van der Waals surface area contributed by atoms with E-state index in [9.17, 15) is 4.79 Å². The van der Waals surface area contributed by atoms with Gasteiger partial charge in [0.1, 0.15) is 13.1 Å². The van der Waals surface area contributed by atoms with Gasteiger partial charge in [0.05, 0.1) is 36.5 Å². The number of anilines is 1. The topological polar surface area (TPSA) is 46.9 Å². The van der Waals surface area contributed by atoms with E-state index in [1.165, 1.54) is 4.90 Å². The number of carbonyl (C=O) groups is 1. The van der Waals surface area contributed by atoms with E-state index in [1.54, 1.807) is 11.3 Å². The number of halogens is 1. The molecule has 2 aromatic rings. The number of aromatic nitrogens is 1. The quantitative estimate of drug-likeness (QED) is 0.833. The molecule has 1 aromatic heterocycles. The molecule has 5 nitrogen and oxygen atoms in total. The zero-order chi connectivity index (χ0) is 17.8. The molecule has 0 spiro atoms. The molecular weight excluding hydrogens is 358 g/mol. The van der Waals surface area contributed by atoms with Crippen molar-refractivity contribution in [2.45, 2.75) is 26.7 Å². The number of benzene rings is 1. The van der Waals surface area contributed by atoms with Gasteiger partial charge in [0.2, 0.25) is 5.91 Å². The van der Waals surface area contributed by atoms with Crippen molar-refractivity contribution < 1.29 is 14.4 Å². The Hall–Kier alpha value is -1.21. The summed E-state index contributed by atoms with van der Waals surface area (Å²) in [5.74, 6) is 0.151. The van der Waals surface area contributed by atoms with E-state index in [-0.39, 0.29) is 5.91 Å². The lowest BCUT2D eigenvalue weighted by molar-refractivity contribution is -0.906. The third kappa shape index (κ3) is 4.31. The molecule has 1 saturated heterocycles. The molecule has 7 heteroatoms. The molecule has 1 aliphatic rings. The molecule has 0 saturated carbocycles. The van der Waals surface area contributed by atoms with Crippen LogP contribution in [0, 0.1) is 6.92 Å². The summed E-state index contributed by atoms with van der Waals surface area (Å²) in [4.78, 5) is 20.8. The molecule has 2 heterocycles. The summed E-state index contributed by atoms with van der Waals surface area (Å²) in [6.07, 6.45) is 1.39. The third-order valence-corrected chi connectivity index (χ3v) is 6.07. The van der Waals surface area contributed by atoms with Crippen molar-refractivity contribution in [3.05, 3.63) is 22.7 Å². The van der Waals surface area contributed by atoms with Crippen molar-refractivity contribution in [2.24, 2.45) is 0 Å². The first kappa shape index (κ1) is 18.6. The number of fused-ring (bicyclic) bond motifs is 1. The molecule has 25 heavy (non-hydrogen) atoms. The smallest absolute Gasteiger partial charge is 0.228 e. The molecular formula is C18H25ClN3O2S+.